The van der Waals surface area contributed by atoms with Crippen LogP contribution in [-0.4, -0.2) is 84.7 Å². The van der Waals surface area contributed by atoms with Crippen molar-refractivity contribution in [1.29, 1.82) is 0 Å². The lowest BCUT2D eigenvalue weighted by Crippen LogP contribution is -2.50. The lowest BCUT2D eigenvalue weighted by Gasteiger charge is -2.38. The number of fused-ring (bicyclic) bond motifs is 1. The number of benzene rings is 1. The molecule has 34 heavy (non-hydrogen) atoms. The van der Waals surface area contributed by atoms with Gasteiger partial charge >= 0.3 is 0 Å². The molecule has 2 heterocycles. The molecule has 0 bridgehead atoms. The van der Waals surface area contributed by atoms with Crippen LogP contribution in [0.15, 0.2) is 42.7 Å². The normalized spacial score (nSPS) is 19.6. The molecule has 1 aliphatic rings. The van der Waals surface area contributed by atoms with Crippen LogP contribution in [0.3, 0.4) is 0 Å². The van der Waals surface area contributed by atoms with E-state index in [4.69, 9.17) is 4.74 Å². The molecule has 3 atom stereocenters. The second-order valence-corrected chi connectivity index (χ2v) is 10.7. The lowest BCUT2D eigenvalue weighted by atomic mass is 9.99. The molecule has 0 saturated heterocycles. The number of pyridine rings is 1. The van der Waals surface area contributed by atoms with Crippen LogP contribution in [0.4, 0.5) is 5.69 Å². The van der Waals surface area contributed by atoms with E-state index in [1.807, 2.05) is 6.92 Å². The Kier molecular flexibility index (Phi) is 7.90. The van der Waals surface area contributed by atoms with Crippen LogP contribution in [0, 0.1) is 5.92 Å². The summed E-state index contributed by atoms with van der Waals surface area (Å²) in [6, 6.07) is 7.42. The standard InChI is InChI=1S/C23H30N4O6S/c1-15-12-27(16(2)14-28)23(30)19-11-18(25-22(29)17-7-9-24-10-8-17)5-6-20(19)33-21(15)13-26(3)34(4,31)32/h5-11,15-16,21,28H,12-14H2,1-4H3,(H,25,29)/t15-,16-,21+/m0/s1. The molecule has 2 N–H and O–H groups in total. The number of hydrogen-bond acceptors (Lipinski definition) is 7. The van der Waals surface area contributed by atoms with Crippen LogP contribution in [0.5, 0.6) is 5.75 Å². The van der Waals surface area contributed by atoms with Crippen LogP contribution in [0.2, 0.25) is 0 Å². The van der Waals surface area contributed by atoms with Gasteiger partial charge in [0.25, 0.3) is 11.8 Å². The van der Waals surface area contributed by atoms with Crippen LogP contribution in [0.1, 0.15) is 34.6 Å². The molecular formula is C23H30N4O6S. The van der Waals surface area contributed by atoms with E-state index in [-0.39, 0.29) is 48.7 Å². The summed E-state index contributed by atoms with van der Waals surface area (Å²) in [5.74, 6) is -0.649. The van der Waals surface area contributed by atoms with Gasteiger partial charge in [0.15, 0.2) is 0 Å². The Morgan fingerprint density at radius 3 is 2.62 bits per heavy atom. The molecule has 0 unspecified atom stereocenters. The number of sulfonamides is 1. The molecule has 1 aliphatic heterocycles. The highest BCUT2D eigenvalue weighted by molar-refractivity contribution is 7.88. The predicted molar refractivity (Wildman–Crippen MR) is 127 cm³/mol. The number of likely N-dealkylation sites (N-methyl/N-ethyl adjacent to an activating group) is 1. The molecule has 3 rings (SSSR count). The van der Waals surface area contributed by atoms with Crippen LogP contribution in [0.25, 0.3) is 0 Å². The fraction of sp³-hybridized carbons (Fsp3) is 0.435. The van der Waals surface area contributed by atoms with Crippen molar-refractivity contribution in [1.82, 2.24) is 14.2 Å². The summed E-state index contributed by atoms with van der Waals surface area (Å²) in [4.78, 5) is 31.4. The number of nitrogens with zero attached hydrogens (tertiary/aromatic N) is 3. The molecule has 1 aromatic heterocycles. The fourth-order valence-electron chi connectivity index (χ4n) is 3.61. The van der Waals surface area contributed by atoms with E-state index in [1.54, 1.807) is 36.1 Å². The molecule has 10 nitrogen and oxygen atoms in total. The first-order valence-electron chi connectivity index (χ1n) is 10.9. The van der Waals surface area contributed by atoms with Crippen molar-refractivity contribution in [3.63, 3.8) is 0 Å². The molecule has 2 amide bonds. The topological polar surface area (TPSA) is 129 Å². The second kappa shape index (κ2) is 10.5. The third-order valence-electron chi connectivity index (χ3n) is 5.87. The Morgan fingerprint density at radius 2 is 2.00 bits per heavy atom. The molecule has 0 fully saturated rings. The van der Waals surface area contributed by atoms with Gasteiger partial charge in [0.2, 0.25) is 10.0 Å². The van der Waals surface area contributed by atoms with Crippen LogP contribution in [-0.2, 0) is 10.0 Å². The van der Waals surface area contributed by atoms with E-state index in [0.717, 1.165) is 6.26 Å². The number of rotatable bonds is 7. The van der Waals surface area contributed by atoms with E-state index in [2.05, 4.69) is 10.3 Å². The minimum Gasteiger partial charge on any atom is -0.488 e. The smallest absolute Gasteiger partial charge is 0.258 e. The zero-order valence-electron chi connectivity index (χ0n) is 19.6. The molecule has 1 aromatic carbocycles. The van der Waals surface area contributed by atoms with Crippen LogP contribution >= 0.6 is 0 Å². The third kappa shape index (κ3) is 5.91. The van der Waals surface area contributed by atoms with E-state index >= 15 is 0 Å². The number of carbonyl (C=O) groups excluding carboxylic acids is 2. The second-order valence-electron chi connectivity index (χ2n) is 8.57. The molecule has 0 spiro atoms. The van der Waals surface area contributed by atoms with Crippen molar-refractivity contribution in [2.75, 3.05) is 38.3 Å². The predicted octanol–water partition coefficient (Wildman–Crippen LogP) is 1.45. The fourth-order valence-corrected chi connectivity index (χ4v) is 4.03. The quantitative estimate of drug-likeness (QED) is 0.601. The first-order chi connectivity index (χ1) is 16.0. The van der Waals surface area contributed by atoms with Crippen molar-refractivity contribution in [2.24, 2.45) is 5.92 Å². The maximum atomic E-state index is 13.4. The molecule has 0 saturated carbocycles. The first kappa shape index (κ1) is 25.6. The molecule has 11 heteroatoms. The number of carbonyl (C=O) groups is 2. The Morgan fingerprint density at radius 1 is 1.32 bits per heavy atom. The summed E-state index contributed by atoms with van der Waals surface area (Å²) in [6.45, 7) is 3.73. The van der Waals surface area contributed by atoms with E-state index in [1.165, 1.54) is 29.8 Å². The Bertz CT molecular complexity index is 1140. The number of amides is 2. The van der Waals surface area contributed by atoms with Gasteiger partial charge in [-0.05, 0) is 37.3 Å². The lowest BCUT2D eigenvalue weighted by molar-refractivity contribution is 0.0387. The van der Waals surface area contributed by atoms with Gasteiger partial charge < -0.3 is 20.1 Å². The summed E-state index contributed by atoms with van der Waals surface area (Å²) >= 11 is 0. The van der Waals surface area contributed by atoms with Gasteiger partial charge in [-0.3, -0.25) is 14.6 Å². The first-order valence-corrected chi connectivity index (χ1v) is 12.7. The highest BCUT2D eigenvalue weighted by Gasteiger charge is 2.34. The van der Waals surface area contributed by atoms with Crippen molar-refractivity contribution in [3.05, 3.63) is 53.9 Å². The highest BCUT2D eigenvalue weighted by Crippen LogP contribution is 2.31. The van der Waals surface area contributed by atoms with Crippen molar-refractivity contribution in [2.45, 2.75) is 26.0 Å². The van der Waals surface area contributed by atoms with E-state index in [9.17, 15) is 23.1 Å². The average molecular weight is 491 g/mol. The van der Waals surface area contributed by atoms with Gasteiger partial charge in [-0.2, -0.15) is 0 Å². The van der Waals surface area contributed by atoms with E-state index < -0.39 is 22.2 Å². The number of nitrogens with one attached hydrogen (secondary N) is 1. The monoisotopic (exact) mass is 490 g/mol. The molecule has 2 aromatic rings. The molecule has 0 radical (unpaired) electrons. The average Bonchev–Trinajstić information content (AvgIpc) is 2.81. The molecule has 0 aliphatic carbocycles. The minimum absolute atomic E-state index is 0.0928. The number of aromatic nitrogens is 1. The maximum absolute atomic E-state index is 13.4. The summed E-state index contributed by atoms with van der Waals surface area (Å²) in [5.41, 5.74) is 1.02. The summed E-state index contributed by atoms with van der Waals surface area (Å²) in [7, 11) is -1.96. The van der Waals surface area contributed by atoms with Gasteiger partial charge in [-0.15, -0.1) is 0 Å². The Hall–Kier alpha value is -3.02. The minimum atomic E-state index is -3.44. The van der Waals surface area contributed by atoms with Crippen molar-refractivity contribution in [3.8, 4) is 5.75 Å². The van der Waals surface area contributed by atoms with Gasteiger partial charge in [-0.1, -0.05) is 6.92 Å². The van der Waals surface area contributed by atoms with E-state index in [0.29, 0.717) is 11.3 Å². The molecule has 184 valence electrons. The number of aliphatic hydroxyl groups excluding tert-OH is 1. The van der Waals surface area contributed by atoms with Crippen LogP contribution < -0.4 is 10.1 Å². The molecular weight excluding hydrogens is 460 g/mol. The number of ether oxygens (including phenoxy) is 1. The largest absolute Gasteiger partial charge is 0.488 e. The van der Waals surface area contributed by atoms with Gasteiger partial charge in [0.1, 0.15) is 11.9 Å². The van der Waals surface area contributed by atoms with Gasteiger partial charge in [0.05, 0.1) is 31.0 Å². The number of aliphatic hydroxyl groups is 1. The van der Waals surface area contributed by atoms with Crippen molar-refractivity contribution < 1.29 is 27.9 Å². The Labute approximate surface area is 199 Å². The summed E-state index contributed by atoms with van der Waals surface area (Å²) in [5, 5.41) is 12.5. The third-order valence-corrected chi connectivity index (χ3v) is 7.15. The zero-order chi connectivity index (χ0) is 25.0. The number of anilines is 1. The highest BCUT2D eigenvalue weighted by atomic mass is 32.2. The SMILES string of the molecule is C[C@H]1CN([C@@H](C)CO)C(=O)c2cc(NC(=O)c3ccncc3)ccc2O[C@@H]1CN(C)S(C)(=O)=O. The Balaban J connectivity index is 1.97. The van der Waals surface area contributed by atoms with Crippen molar-refractivity contribution >= 4 is 27.5 Å². The zero-order valence-corrected chi connectivity index (χ0v) is 20.4. The summed E-state index contributed by atoms with van der Waals surface area (Å²) in [6.07, 6.45) is 3.60. The number of hydrogen-bond donors (Lipinski definition) is 2. The summed E-state index contributed by atoms with van der Waals surface area (Å²) < 4.78 is 31.3. The van der Waals surface area contributed by atoms with Gasteiger partial charge in [-0.25, -0.2) is 12.7 Å². The maximum Gasteiger partial charge on any atom is 0.258 e. The van der Waals surface area contributed by atoms with Gasteiger partial charge in [0, 0.05) is 43.2 Å².